The number of morpholine rings is 1. The molecule has 10 nitrogen and oxygen atoms in total. The summed E-state index contributed by atoms with van der Waals surface area (Å²) >= 11 is 0. The number of aryl methyl sites for hydroxylation is 1. The Bertz CT molecular complexity index is 1400. The number of fused-ring (bicyclic) bond motifs is 1. The lowest BCUT2D eigenvalue weighted by molar-refractivity contribution is 0.0933. The minimum atomic E-state index is -0.170. The maximum Gasteiger partial charge on any atom is 0.272 e. The lowest BCUT2D eigenvalue weighted by atomic mass is 10.1. The first-order valence-electron chi connectivity index (χ1n) is 12.4. The first-order chi connectivity index (χ1) is 17.5. The second-order valence-electron chi connectivity index (χ2n) is 9.61. The molecular formula is C26H30N8O2. The summed E-state index contributed by atoms with van der Waals surface area (Å²) in [6, 6.07) is 14.1. The van der Waals surface area contributed by atoms with E-state index >= 15 is 0 Å². The van der Waals surface area contributed by atoms with Crippen LogP contribution in [0.4, 0.5) is 5.82 Å². The van der Waals surface area contributed by atoms with Crippen molar-refractivity contribution in [1.82, 2.24) is 34.6 Å². The van der Waals surface area contributed by atoms with E-state index in [2.05, 4.69) is 52.4 Å². The van der Waals surface area contributed by atoms with Crippen molar-refractivity contribution in [2.45, 2.75) is 19.4 Å². The summed E-state index contributed by atoms with van der Waals surface area (Å²) in [5, 5.41) is 12.6. The summed E-state index contributed by atoms with van der Waals surface area (Å²) in [4.78, 5) is 22.3. The van der Waals surface area contributed by atoms with Gasteiger partial charge in [0.05, 0.1) is 18.9 Å². The molecular weight excluding hydrogens is 456 g/mol. The number of likely N-dealkylation sites (tertiary alicyclic amines) is 1. The van der Waals surface area contributed by atoms with Crippen LogP contribution in [0, 0.1) is 6.92 Å². The average Bonchev–Trinajstić information content (AvgIpc) is 3.63. The van der Waals surface area contributed by atoms with Gasteiger partial charge in [-0.2, -0.15) is 14.7 Å². The molecule has 3 aromatic heterocycles. The van der Waals surface area contributed by atoms with Crippen LogP contribution < -0.4 is 10.2 Å². The molecule has 4 aromatic rings. The Morgan fingerprint density at radius 3 is 2.72 bits per heavy atom. The van der Waals surface area contributed by atoms with Gasteiger partial charge in [0.15, 0.2) is 17.2 Å². The number of hydrogen-bond donors (Lipinski definition) is 1. The lowest BCUT2D eigenvalue weighted by Crippen LogP contribution is -2.38. The molecule has 1 atom stereocenters. The molecule has 186 valence electrons. The summed E-state index contributed by atoms with van der Waals surface area (Å²) in [6.45, 7) is 6.66. The Balaban J connectivity index is 1.37. The van der Waals surface area contributed by atoms with Crippen molar-refractivity contribution in [3.05, 3.63) is 59.9 Å². The van der Waals surface area contributed by atoms with E-state index in [4.69, 9.17) is 14.8 Å². The third-order valence-electron chi connectivity index (χ3n) is 6.83. The van der Waals surface area contributed by atoms with Crippen LogP contribution in [0.1, 0.15) is 22.5 Å². The molecule has 2 fully saturated rings. The first kappa shape index (κ1) is 22.7. The van der Waals surface area contributed by atoms with Crippen molar-refractivity contribution in [3.8, 4) is 17.1 Å². The Morgan fingerprint density at radius 2 is 1.94 bits per heavy atom. The fourth-order valence-corrected chi connectivity index (χ4v) is 4.91. The highest BCUT2D eigenvalue weighted by Gasteiger charge is 2.24. The van der Waals surface area contributed by atoms with E-state index in [1.54, 1.807) is 15.3 Å². The number of hydrogen-bond acceptors (Lipinski definition) is 7. The smallest absolute Gasteiger partial charge is 0.272 e. The molecule has 6 rings (SSSR count). The summed E-state index contributed by atoms with van der Waals surface area (Å²) in [5.41, 5.74) is 4.10. The number of ether oxygens (including phenoxy) is 1. The third kappa shape index (κ3) is 4.45. The van der Waals surface area contributed by atoms with Crippen LogP contribution in [0.15, 0.2) is 48.7 Å². The minimum absolute atomic E-state index is 0.138. The highest BCUT2D eigenvalue weighted by molar-refractivity contribution is 5.93. The van der Waals surface area contributed by atoms with Crippen LogP contribution in [0.5, 0.6) is 0 Å². The van der Waals surface area contributed by atoms with Gasteiger partial charge in [-0.05, 0) is 39.1 Å². The number of likely N-dealkylation sites (N-methyl/N-ethyl adjacent to an activating group) is 1. The largest absolute Gasteiger partial charge is 0.378 e. The molecule has 1 aromatic carbocycles. The molecule has 36 heavy (non-hydrogen) atoms. The molecule has 0 aliphatic carbocycles. The Labute approximate surface area is 209 Å². The summed E-state index contributed by atoms with van der Waals surface area (Å²) in [7, 11) is 2.07. The second-order valence-corrected chi connectivity index (χ2v) is 9.61. The Hall–Kier alpha value is -3.76. The standard InChI is InChI=1S/C26H30N8O2/c1-18-4-3-5-19(14-18)21-7-9-33(29-21)23-16-25(32-10-12-36-13-11-32)34-24(28-23)15-22(30-34)26(35)27-20-6-8-31(2)17-20/h3-5,7,9,14-16,20H,6,8,10-13,17H2,1-2H3,(H,27,35)/t20-/m0/s1. The number of carbonyl (C=O) groups excluding carboxylic acids is 1. The van der Waals surface area contributed by atoms with Crippen LogP contribution in [0.3, 0.4) is 0 Å². The molecule has 0 saturated carbocycles. The molecule has 0 bridgehead atoms. The van der Waals surface area contributed by atoms with E-state index in [0.29, 0.717) is 30.4 Å². The van der Waals surface area contributed by atoms with Gasteiger partial charge < -0.3 is 19.9 Å². The normalized spacial score (nSPS) is 18.7. The van der Waals surface area contributed by atoms with Crippen molar-refractivity contribution in [2.75, 3.05) is 51.3 Å². The van der Waals surface area contributed by atoms with Gasteiger partial charge in [-0.3, -0.25) is 4.79 Å². The quantitative estimate of drug-likeness (QED) is 0.462. The predicted octanol–water partition coefficient (Wildman–Crippen LogP) is 2.16. The van der Waals surface area contributed by atoms with E-state index in [1.165, 1.54) is 5.56 Å². The highest BCUT2D eigenvalue weighted by atomic mass is 16.5. The maximum atomic E-state index is 13.0. The number of anilines is 1. The highest BCUT2D eigenvalue weighted by Crippen LogP contribution is 2.24. The van der Waals surface area contributed by atoms with Gasteiger partial charge in [0.25, 0.3) is 5.91 Å². The first-order valence-corrected chi connectivity index (χ1v) is 12.4. The Morgan fingerprint density at radius 1 is 1.08 bits per heavy atom. The maximum absolute atomic E-state index is 13.0. The molecule has 10 heteroatoms. The molecule has 0 spiro atoms. The molecule has 1 N–H and O–H groups in total. The molecule has 5 heterocycles. The summed E-state index contributed by atoms with van der Waals surface area (Å²) in [5.74, 6) is 1.37. The zero-order chi connectivity index (χ0) is 24.6. The van der Waals surface area contributed by atoms with Gasteiger partial charge >= 0.3 is 0 Å². The van der Waals surface area contributed by atoms with Crippen molar-refractivity contribution in [2.24, 2.45) is 0 Å². The van der Waals surface area contributed by atoms with E-state index in [1.807, 2.05) is 24.4 Å². The molecule has 2 saturated heterocycles. The van der Waals surface area contributed by atoms with Crippen molar-refractivity contribution >= 4 is 17.4 Å². The van der Waals surface area contributed by atoms with Gasteiger partial charge in [0, 0.05) is 49.6 Å². The third-order valence-corrected chi connectivity index (χ3v) is 6.83. The van der Waals surface area contributed by atoms with Crippen LogP contribution in [0.2, 0.25) is 0 Å². The van der Waals surface area contributed by atoms with Crippen molar-refractivity contribution in [3.63, 3.8) is 0 Å². The fourth-order valence-electron chi connectivity index (χ4n) is 4.91. The Kier molecular flexibility index (Phi) is 5.90. The monoisotopic (exact) mass is 486 g/mol. The van der Waals surface area contributed by atoms with Crippen LogP contribution in [0.25, 0.3) is 22.7 Å². The van der Waals surface area contributed by atoms with E-state index in [9.17, 15) is 4.79 Å². The average molecular weight is 487 g/mol. The van der Waals surface area contributed by atoms with E-state index in [-0.39, 0.29) is 11.9 Å². The summed E-state index contributed by atoms with van der Waals surface area (Å²) in [6.07, 6.45) is 2.86. The number of nitrogens with one attached hydrogen (secondary N) is 1. The van der Waals surface area contributed by atoms with Crippen LogP contribution in [-0.4, -0.2) is 87.7 Å². The van der Waals surface area contributed by atoms with Gasteiger partial charge in [-0.15, -0.1) is 0 Å². The van der Waals surface area contributed by atoms with Crippen molar-refractivity contribution in [1.29, 1.82) is 0 Å². The number of rotatable bonds is 5. The molecule has 1 amide bonds. The van der Waals surface area contributed by atoms with E-state index in [0.717, 1.165) is 49.7 Å². The number of benzene rings is 1. The number of nitrogens with zero attached hydrogens (tertiary/aromatic N) is 7. The van der Waals surface area contributed by atoms with Gasteiger partial charge in [0.1, 0.15) is 5.82 Å². The number of carbonyl (C=O) groups is 1. The number of amides is 1. The van der Waals surface area contributed by atoms with Crippen LogP contribution >= 0.6 is 0 Å². The summed E-state index contributed by atoms with van der Waals surface area (Å²) < 4.78 is 9.10. The molecule has 0 radical (unpaired) electrons. The zero-order valence-corrected chi connectivity index (χ0v) is 20.6. The molecule has 2 aliphatic heterocycles. The van der Waals surface area contributed by atoms with Gasteiger partial charge in [-0.1, -0.05) is 23.8 Å². The molecule has 0 unspecified atom stereocenters. The lowest BCUT2D eigenvalue weighted by Gasteiger charge is -2.29. The van der Waals surface area contributed by atoms with Crippen molar-refractivity contribution < 1.29 is 9.53 Å². The predicted molar refractivity (Wildman–Crippen MR) is 137 cm³/mol. The fraction of sp³-hybridized carbons (Fsp3) is 0.385. The molecule has 2 aliphatic rings. The topological polar surface area (TPSA) is 92.8 Å². The van der Waals surface area contributed by atoms with Crippen LogP contribution in [-0.2, 0) is 4.74 Å². The number of aromatic nitrogens is 5. The van der Waals surface area contributed by atoms with Gasteiger partial charge in [0.2, 0.25) is 0 Å². The second kappa shape index (κ2) is 9.36. The zero-order valence-electron chi connectivity index (χ0n) is 20.6. The van der Waals surface area contributed by atoms with Gasteiger partial charge in [-0.25, -0.2) is 9.67 Å². The SMILES string of the molecule is Cc1cccc(-c2ccn(-c3cc(N4CCOCC4)n4nc(C(=O)N[C@H]5CCN(C)C5)cc4n3)n2)c1. The minimum Gasteiger partial charge on any atom is -0.378 e. The van der Waals surface area contributed by atoms with E-state index < -0.39 is 0 Å².